The van der Waals surface area contributed by atoms with Gasteiger partial charge in [-0.25, -0.2) is 8.78 Å². The number of carbonyl (C=O) groups is 1. The molecule has 0 fully saturated rings. The number of halogens is 2. The third-order valence-corrected chi connectivity index (χ3v) is 2.18. The van der Waals surface area contributed by atoms with E-state index in [1.165, 1.54) is 0 Å². The van der Waals surface area contributed by atoms with Crippen molar-refractivity contribution in [3.63, 3.8) is 0 Å². The number of ketones is 1. The van der Waals surface area contributed by atoms with E-state index in [1.54, 1.807) is 0 Å². The predicted octanol–water partition coefficient (Wildman–Crippen LogP) is 3.58. The Kier molecular flexibility index (Phi) is 3.95. The Morgan fingerprint density at radius 1 is 1.33 bits per heavy atom. The number of carbonyl (C=O) groups excluding carboxylic acids is 1. The van der Waals surface area contributed by atoms with Crippen molar-refractivity contribution in [2.24, 2.45) is 5.92 Å². The maximum Gasteiger partial charge on any atom is 0.165 e. The lowest BCUT2D eigenvalue weighted by Gasteiger charge is -2.04. The summed E-state index contributed by atoms with van der Waals surface area (Å²) in [6, 6.07) is 2.95. The molecule has 1 nitrogen and oxygen atoms in total. The standard InChI is InChI=1S/C12H14F2O/c1-8(2)3-6-12(15)10-7-9(13)4-5-11(10)14/h4-5,7-8H,3,6H2,1-2H3. The quantitative estimate of drug-likeness (QED) is 0.697. The fraction of sp³-hybridized carbons (Fsp3) is 0.417. The molecule has 0 atom stereocenters. The van der Waals surface area contributed by atoms with E-state index in [0.717, 1.165) is 18.2 Å². The molecule has 0 bridgehead atoms. The van der Waals surface area contributed by atoms with Gasteiger partial charge in [-0.2, -0.15) is 0 Å². The summed E-state index contributed by atoms with van der Waals surface area (Å²) in [6.45, 7) is 3.96. The number of hydrogen-bond acceptors (Lipinski definition) is 1. The SMILES string of the molecule is CC(C)CCC(=O)c1cc(F)ccc1F. The molecule has 0 aliphatic rings. The predicted molar refractivity (Wildman–Crippen MR) is 54.8 cm³/mol. The molecule has 3 heteroatoms. The Balaban J connectivity index is 2.77. The highest BCUT2D eigenvalue weighted by Gasteiger charge is 2.12. The minimum Gasteiger partial charge on any atom is -0.294 e. The zero-order valence-corrected chi connectivity index (χ0v) is 8.89. The molecule has 0 saturated heterocycles. The van der Waals surface area contributed by atoms with Crippen LogP contribution in [0, 0.1) is 17.6 Å². The molecule has 0 spiro atoms. The van der Waals surface area contributed by atoms with Gasteiger partial charge in [-0.3, -0.25) is 4.79 Å². The summed E-state index contributed by atoms with van der Waals surface area (Å²) in [4.78, 5) is 11.5. The van der Waals surface area contributed by atoms with E-state index in [9.17, 15) is 13.6 Å². The van der Waals surface area contributed by atoms with Gasteiger partial charge in [0.05, 0.1) is 5.56 Å². The van der Waals surface area contributed by atoms with Gasteiger partial charge in [-0.05, 0) is 30.5 Å². The number of hydrogen-bond donors (Lipinski definition) is 0. The third kappa shape index (κ3) is 3.42. The van der Waals surface area contributed by atoms with Crippen LogP contribution in [0.2, 0.25) is 0 Å². The summed E-state index contributed by atoms with van der Waals surface area (Å²) in [5, 5.41) is 0. The summed E-state index contributed by atoms with van der Waals surface area (Å²) >= 11 is 0. The lowest BCUT2D eigenvalue weighted by atomic mass is 10.0. The van der Waals surface area contributed by atoms with Crippen LogP contribution < -0.4 is 0 Å². The Labute approximate surface area is 88.1 Å². The van der Waals surface area contributed by atoms with Crippen LogP contribution in [0.4, 0.5) is 8.78 Å². The fourth-order valence-electron chi connectivity index (χ4n) is 1.27. The van der Waals surface area contributed by atoms with Crippen LogP contribution in [0.5, 0.6) is 0 Å². The summed E-state index contributed by atoms with van der Waals surface area (Å²) in [7, 11) is 0. The van der Waals surface area contributed by atoms with E-state index < -0.39 is 11.6 Å². The van der Waals surface area contributed by atoms with Crippen LogP contribution in [0.25, 0.3) is 0 Å². The summed E-state index contributed by atoms with van der Waals surface area (Å²) in [6.07, 6.45) is 0.951. The van der Waals surface area contributed by atoms with Gasteiger partial charge < -0.3 is 0 Å². The lowest BCUT2D eigenvalue weighted by molar-refractivity contribution is 0.0971. The number of Topliss-reactive ketones (excluding diaryl/α,β-unsaturated/α-hetero) is 1. The molecular weight excluding hydrogens is 198 g/mol. The maximum atomic E-state index is 13.2. The minimum absolute atomic E-state index is 0.143. The van der Waals surface area contributed by atoms with Crippen LogP contribution >= 0.6 is 0 Å². The molecule has 1 aromatic carbocycles. The van der Waals surface area contributed by atoms with Crippen molar-refractivity contribution in [2.75, 3.05) is 0 Å². The molecule has 1 aromatic rings. The topological polar surface area (TPSA) is 17.1 Å². The van der Waals surface area contributed by atoms with Crippen molar-refractivity contribution in [1.82, 2.24) is 0 Å². The molecule has 15 heavy (non-hydrogen) atoms. The smallest absolute Gasteiger partial charge is 0.165 e. The average Bonchev–Trinajstić information content (AvgIpc) is 2.18. The van der Waals surface area contributed by atoms with Gasteiger partial charge >= 0.3 is 0 Å². The minimum atomic E-state index is -0.648. The normalized spacial score (nSPS) is 10.7. The van der Waals surface area contributed by atoms with Crippen molar-refractivity contribution in [2.45, 2.75) is 26.7 Å². The highest BCUT2D eigenvalue weighted by Crippen LogP contribution is 2.14. The highest BCUT2D eigenvalue weighted by molar-refractivity contribution is 5.96. The van der Waals surface area contributed by atoms with Crippen molar-refractivity contribution in [1.29, 1.82) is 0 Å². The first-order valence-corrected chi connectivity index (χ1v) is 4.99. The summed E-state index contributed by atoms with van der Waals surface area (Å²) in [5.74, 6) is -1.18. The van der Waals surface area contributed by atoms with Crippen LogP contribution in [0.1, 0.15) is 37.0 Å². The van der Waals surface area contributed by atoms with E-state index in [-0.39, 0.29) is 17.8 Å². The first-order valence-electron chi connectivity index (χ1n) is 4.99. The van der Waals surface area contributed by atoms with Crippen molar-refractivity contribution < 1.29 is 13.6 Å². The Hall–Kier alpha value is -1.25. The van der Waals surface area contributed by atoms with Gasteiger partial charge in [0.2, 0.25) is 0 Å². The zero-order chi connectivity index (χ0) is 11.4. The molecular formula is C12H14F2O. The molecule has 0 aliphatic heterocycles. The Bertz CT molecular complexity index is 359. The van der Waals surface area contributed by atoms with Crippen LogP contribution in [0.3, 0.4) is 0 Å². The molecule has 0 unspecified atom stereocenters. The zero-order valence-electron chi connectivity index (χ0n) is 8.89. The van der Waals surface area contributed by atoms with Crippen molar-refractivity contribution in [3.05, 3.63) is 35.4 Å². The molecule has 1 rings (SSSR count). The van der Waals surface area contributed by atoms with Crippen LogP contribution in [-0.4, -0.2) is 5.78 Å². The summed E-state index contributed by atoms with van der Waals surface area (Å²) < 4.78 is 25.9. The molecule has 0 amide bonds. The summed E-state index contributed by atoms with van der Waals surface area (Å²) in [5.41, 5.74) is -0.143. The molecule has 82 valence electrons. The molecule has 0 heterocycles. The Morgan fingerprint density at radius 3 is 2.60 bits per heavy atom. The van der Waals surface area contributed by atoms with Crippen molar-refractivity contribution >= 4 is 5.78 Å². The fourth-order valence-corrected chi connectivity index (χ4v) is 1.27. The van der Waals surface area contributed by atoms with Gasteiger partial charge in [-0.15, -0.1) is 0 Å². The number of rotatable bonds is 4. The molecule has 0 N–H and O–H groups in total. The van der Waals surface area contributed by atoms with Gasteiger partial charge in [0.15, 0.2) is 5.78 Å². The molecule has 0 saturated carbocycles. The molecule has 0 aromatic heterocycles. The van der Waals surface area contributed by atoms with Gasteiger partial charge in [0, 0.05) is 6.42 Å². The first kappa shape index (κ1) is 11.8. The van der Waals surface area contributed by atoms with E-state index in [0.29, 0.717) is 12.3 Å². The maximum absolute atomic E-state index is 13.2. The van der Waals surface area contributed by atoms with E-state index in [4.69, 9.17) is 0 Å². The van der Waals surface area contributed by atoms with Gasteiger partial charge in [0.1, 0.15) is 11.6 Å². The first-order chi connectivity index (χ1) is 7.00. The Morgan fingerprint density at radius 2 is 2.00 bits per heavy atom. The van der Waals surface area contributed by atoms with E-state index in [1.807, 2.05) is 13.8 Å². The van der Waals surface area contributed by atoms with Gasteiger partial charge in [0.25, 0.3) is 0 Å². The molecule has 0 radical (unpaired) electrons. The number of benzene rings is 1. The second-order valence-electron chi connectivity index (χ2n) is 3.98. The van der Waals surface area contributed by atoms with Crippen LogP contribution in [0.15, 0.2) is 18.2 Å². The largest absolute Gasteiger partial charge is 0.294 e. The second kappa shape index (κ2) is 5.01. The van der Waals surface area contributed by atoms with Gasteiger partial charge in [-0.1, -0.05) is 13.8 Å². The van der Waals surface area contributed by atoms with E-state index in [2.05, 4.69) is 0 Å². The van der Waals surface area contributed by atoms with Crippen LogP contribution in [-0.2, 0) is 0 Å². The third-order valence-electron chi connectivity index (χ3n) is 2.18. The van der Waals surface area contributed by atoms with Crippen molar-refractivity contribution in [3.8, 4) is 0 Å². The van der Waals surface area contributed by atoms with E-state index >= 15 is 0 Å². The molecule has 0 aliphatic carbocycles. The average molecular weight is 212 g/mol. The highest BCUT2D eigenvalue weighted by atomic mass is 19.1. The monoisotopic (exact) mass is 212 g/mol. The lowest BCUT2D eigenvalue weighted by Crippen LogP contribution is -2.04. The second-order valence-corrected chi connectivity index (χ2v) is 3.98.